The number of benzene rings is 8. The minimum atomic E-state index is 0.971. The van der Waals surface area contributed by atoms with Crippen LogP contribution in [0.15, 0.2) is 170 Å². The first kappa shape index (κ1) is 38.2. The number of nitrogens with zero attached hydrogens (tertiary/aromatic N) is 4. The quantitative estimate of drug-likeness (QED) is 0.153. The second kappa shape index (κ2) is 18.5. The van der Waals surface area contributed by atoms with Crippen LogP contribution in [0.5, 0.6) is 0 Å². The molecule has 0 spiro atoms. The maximum Gasteiger partial charge on any atom is 0.0234 e. The molecule has 1 heterocycles. The van der Waals surface area contributed by atoms with E-state index < -0.39 is 0 Å². The molecule has 0 unspecified atom stereocenters. The normalized spacial score (nSPS) is 16.3. The number of hydrogen-bond donors (Lipinski definition) is 0. The summed E-state index contributed by atoms with van der Waals surface area (Å²) in [5.41, 5.74) is 5.60. The molecule has 1 aliphatic rings. The van der Waals surface area contributed by atoms with E-state index in [1.165, 1.54) is 65.3 Å². The van der Waals surface area contributed by atoms with Gasteiger partial charge in [-0.2, -0.15) is 0 Å². The minimum absolute atomic E-state index is 0.971. The van der Waals surface area contributed by atoms with Crippen molar-refractivity contribution in [2.45, 2.75) is 39.0 Å². The van der Waals surface area contributed by atoms with Crippen molar-refractivity contribution in [2.24, 2.45) is 0 Å². The first-order valence-corrected chi connectivity index (χ1v) is 21.5. The van der Waals surface area contributed by atoms with Gasteiger partial charge in [-0.15, -0.1) is 0 Å². The number of rotatable bonds is 8. The third-order valence-corrected chi connectivity index (χ3v) is 12.2. The van der Waals surface area contributed by atoms with Crippen LogP contribution >= 0.6 is 0 Å². The fourth-order valence-electron chi connectivity index (χ4n) is 9.06. The van der Waals surface area contributed by atoms with Crippen LogP contribution < -0.4 is 0 Å². The molecule has 0 aromatic heterocycles. The predicted octanol–water partition coefficient (Wildman–Crippen LogP) is 11.4. The zero-order valence-corrected chi connectivity index (χ0v) is 33.9. The fourth-order valence-corrected chi connectivity index (χ4v) is 9.06. The Bertz CT molecular complexity index is 2240. The van der Waals surface area contributed by atoms with E-state index in [0.29, 0.717) is 0 Å². The van der Waals surface area contributed by atoms with E-state index in [4.69, 9.17) is 0 Å². The largest absolute Gasteiger partial charge is 0.298 e. The molecule has 8 aromatic carbocycles. The molecule has 58 heavy (non-hydrogen) atoms. The predicted molar refractivity (Wildman–Crippen MR) is 246 cm³/mol. The highest BCUT2D eigenvalue weighted by atomic mass is 15.2. The van der Waals surface area contributed by atoms with Crippen LogP contribution in [0.25, 0.3) is 43.1 Å². The van der Waals surface area contributed by atoms with Gasteiger partial charge in [0.05, 0.1) is 0 Å². The van der Waals surface area contributed by atoms with Crippen LogP contribution in [0.2, 0.25) is 0 Å². The first-order chi connectivity index (χ1) is 28.7. The van der Waals surface area contributed by atoms with Gasteiger partial charge in [0.25, 0.3) is 0 Å². The SMILES string of the molecule is c1ccc2cc(CN3CCCN(Cc4ccc5ccccc5c4)CCN(Cc4ccc5ccccc5c4)CCCN(Cc4ccc5ccccc5c4)CC3)ccc2c1. The molecular weight excluding hydrogens is 705 g/mol. The van der Waals surface area contributed by atoms with Gasteiger partial charge in [0.2, 0.25) is 0 Å². The molecule has 0 saturated carbocycles. The Labute approximate surface area is 344 Å². The van der Waals surface area contributed by atoms with Gasteiger partial charge in [-0.05, 0) is 129 Å². The monoisotopic (exact) mass is 760 g/mol. The molecule has 4 nitrogen and oxygen atoms in total. The van der Waals surface area contributed by atoms with Crippen LogP contribution in [0.4, 0.5) is 0 Å². The van der Waals surface area contributed by atoms with Gasteiger partial charge in [0.1, 0.15) is 0 Å². The third-order valence-electron chi connectivity index (χ3n) is 12.2. The van der Waals surface area contributed by atoms with Crippen molar-refractivity contribution in [3.05, 3.63) is 192 Å². The summed E-state index contributed by atoms with van der Waals surface area (Å²) in [5.74, 6) is 0. The average Bonchev–Trinajstić information content (AvgIpc) is 3.26. The molecule has 4 heteroatoms. The molecule has 0 aliphatic carbocycles. The first-order valence-electron chi connectivity index (χ1n) is 21.5. The Kier molecular flexibility index (Phi) is 12.2. The van der Waals surface area contributed by atoms with Gasteiger partial charge >= 0.3 is 0 Å². The van der Waals surface area contributed by atoms with E-state index in [0.717, 1.165) is 91.4 Å². The van der Waals surface area contributed by atoms with Gasteiger partial charge in [-0.25, -0.2) is 0 Å². The van der Waals surface area contributed by atoms with E-state index in [2.05, 4.69) is 189 Å². The lowest BCUT2D eigenvalue weighted by Gasteiger charge is -2.32. The average molecular weight is 761 g/mol. The molecule has 0 amide bonds. The molecule has 0 atom stereocenters. The van der Waals surface area contributed by atoms with Gasteiger partial charge in [-0.3, -0.25) is 19.6 Å². The van der Waals surface area contributed by atoms with Crippen molar-refractivity contribution in [3.63, 3.8) is 0 Å². The second-order valence-electron chi connectivity index (χ2n) is 16.5. The Morgan fingerprint density at radius 3 is 0.707 bits per heavy atom. The molecule has 9 rings (SSSR count). The van der Waals surface area contributed by atoms with E-state index in [1.807, 2.05) is 0 Å². The highest BCUT2D eigenvalue weighted by Crippen LogP contribution is 2.22. The lowest BCUT2D eigenvalue weighted by atomic mass is 10.1. The van der Waals surface area contributed by atoms with Crippen LogP contribution in [-0.4, -0.2) is 72.0 Å². The summed E-state index contributed by atoms with van der Waals surface area (Å²) in [6.07, 6.45) is 2.27. The Hall–Kier alpha value is -5.36. The summed E-state index contributed by atoms with van der Waals surface area (Å²) < 4.78 is 0. The molecule has 1 fully saturated rings. The van der Waals surface area contributed by atoms with Crippen molar-refractivity contribution >= 4 is 43.1 Å². The highest BCUT2D eigenvalue weighted by molar-refractivity contribution is 5.85. The van der Waals surface area contributed by atoms with Gasteiger partial charge < -0.3 is 0 Å². The molecular formula is C54H56N4. The Balaban J connectivity index is 0.976. The lowest BCUT2D eigenvalue weighted by Crippen LogP contribution is -2.40. The van der Waals surface area contributed by atoms with E-state index >= 15 is 0 Å². The summed E-state index contributed by atoms with van der Waals surface area (Å²) in [6.45, 7) is 12.4. The van der Waals surface area contributed by atoms with Crippen molar-refractivity contribution in [3.8, 4) is 0 Å². The van der Waals surface area contributed by atoms with Crippen LogP contribution in [0, 0.1) is 0 Å². The third kappa shape index (κ3) is 9.83. The van der Waals surface area contributed by atoms with Gasteiger partial charge in [0, 0.05) is 52.4 Å². The zero-order valence-electron chi connectivity index (χ0n) is 33.9. The topological polar surface area (TPSA) is 13.0 Å². The van der Waals surface area contributed by atoms with Crippen molar-refractivity contribution in [1.82, 2.24) is 19.6 Å². The highest BCUT2D eigenvalue weighted by Gasteiger charge is 2.17. The zero-order chi connectivity index (χ0) is 38.9. The Morgan fingerprint density at radius 2 is 0.466 bits per heavy atom. The summed E-state index contributed by atoms with van der Waals surface area (Å²) in [7, 11) is 0. The number of fused-ring (bicyclic) bond motifs is 4. The van der Waals surface area contributed by atoms with Crippen molar-refractivity contribution in [1.29, 1.82) is 0 Å². The van der Waals surface area contributed by atoms with E-state index in [-0.39, 0.29) is 0 Å². The fraction of sp³-hybridized carbons (Fsp3) is 0.259. The van der Waals surface area contributed by atoms with Crippen molar-refractivity contribution in [2.75, 3.05) is 52.4 Å². The van der Waals surface area contributed by atoms with Crippen LogP contribution in [0.1, 0.15) is 35.1 Å². The lowest BCUT2D eigenvalue weighted by molar-refractivity contribution is 0.148. The molecule has 0 N–H and O–H groups in total. The van der Waals surface area contributed by atoms with E-state index in [9.17, 15) is 0 Å². The smallest absolute Gasteiger partial charge is 0.0234 e. The van der Waals surface area contributed by atoms with Gasteiger partial charge in [0.15, 0.2) is 0 Å². The molecule has 8 aromatic rings. The maximum atomic E-state index is 2.73. The van der Waals surface area contributed by atoms with Crippen molar-refractivity contribution < 1.29 is 0 Å². The molecule has 1 aliphatic heterocycles. The molecule has 1 saturated heterocycles. The molecule has 0 bridgehead atoms. The maximum absolute atomic E-state index is 2.73. The van der Waals surface area contributed by atoms with Gasteiger partial charge in [-0.1, -0.05) is 146 Å². The summed E-state index contributed by atoms with van der Waals surface area (Å²) in [5, 5.41) is 10.6. The standard InChI is InChI=1S/C54H56N4/c1-5-15-51-35-43(19-23-47(51)11-1)39-55-27-9-28-57(41-45-21-25-49-13-3-7-17-53(49)37-45)33-34-58(42-46-22-26-50-14-4-8-18-54(50)38-46)30-10-29-56(32-31-55)40-44-20-24-48-12-2-6-16-52(48)36-44/h1-8,11-26,35-38H,9-10,27-34,39-42H2. The second-order valence-corrected chi connectivity index (χ2v) is 16.5. The van der Waals surface area contributed by atoms with Crippen LogP contribution in [0.3, 0.4) is 0 Å². The summed E-state index contributed by atoms with van der Waals surface area (Å²) in [4.78, 5) is 10.9. The molecule has 292 valence electrons. The summed E-state index contributed by atoms with van der Waals surface area (Å²) >= 11 is 0. The van der Waals surface area contributed by atoms with Crippen LogP contribution in [-0.2, 0) is 26.2 Å². The minimum Gasteiger partial charge on any atom is -0.298 e. The number of hydrogen-bond acceptors (Lipinski definition) is 4. The molecule has 0 radical (unpaired) electrons. The Morgan fingerprint density at radius 1 is 0.241 bits per heavy atom. The van der Waals surface area contributed by atoms with E-state index in [1.54, 1.807) is 0 Å². The summed E-state index contributed by atoms with van der Waals surface area (Å²) in [6, 6.07) is 63.3.